The molecule has 4 rings (SSSR count). The molecule has 0 bridgehead atoms. The van der Waals surface area contributed by atoms with Gasteiger partial charge in [-0.25, -0.2) is 4.98 Å². The number of rotatable bonds is 5. The van der Waals surface area contributed by atoms with E-state index >= 15 is 0 Å². The molecule has 0 radical (unpaired) electrons. The van der Waals surface area contributed by atoms with Crippen LogP contribution in [0.3, 0.4) is 0 Å². The van der Waals surface area contributed by atoms with E-state index in [9.17, 15) is 9.59 Å². The summed E-state index contributed by atoms with van der Waals surface area (Å²) in [4.78, 5) is 30.1. The number of nitrogens with one attached hydrogen (secondary N) is 1. The second kappa shape index (κ2) is 7.47. The highest BCUT2D eigenvalue weighted by Crippen LogP contribution is 2.37. The van der Waals surface area contributed by atoms with E-state index in [4.69, 9.17) is 20.7 Å². The van der Waals surface area contributed by atoms with E-state index in [-0.39, 0.29) is 11.9 Å². The summed E-state index contributed by atoms with van der Waals surface area (Å²) in [5, 5.41) is 12.1. The average Bonchev–Trinajstić information content (AvgIpc) is 3.21. The summed E-state index contributed by atoms with van der Waals surface area (Å²) in [6.45, 7) is 2.72. The second-order valence-corrected chi connectivity index (χ2v) is 7.26. The number of carbonyl (C=O) groups is 2. The molecule has 2 aromatic rings. The largest absolute Gasteiger partial charge is 0.491 e. The summed E-state index contributed by atoms with van der Waals surface area (Å²) in [5.41, 5.74) is 6.84. The number of ether oxygens (including phenoxy) is 1. The van der Waals surface area contributed by atoms with Gasteiger partial charge in [-0.3, -0.25) is 14.5 Å². The number of amides is 2. The number of imidazole rings is 1. The second-order valence-electron chi connectivity index (χ2n) is 7.26. The first kappa shape index (κ1) is 18.8. The summed E-state index contributed by atoms with van der Waals surface area (Å²) in [6, 6.07) is 7.04. The number of nitrogens with zero attached hydrogens (tertiary/aromatic N) is 4. The van der Waals surface area contributed by atoms with Gasteiger partial charge in [0.05, 0.1) is 30.6 Å². The molecule has 2 amide bonds. The molecule has 0 aliphatic carbocycles. The first-order valence-electron chi connectivity index (χ1n) is 9.57. The lowest BCUT2D eigenvalue weighted by Gasteiger charge is -2.20. The number of primary amides is 1. The first-order valence-corrected chi connectivity index (χ1v) is 9.57. The molecule has 9 heteroatoms. The van der Waals surface area contributed by atoms with E-state index in [1.807, 2.05) is 29.0 Å². The maximum Gasteiger partial charge on any atom is 0.239 e. The number of aromatic nitrogens is 2. The van der Waals surface area contributed by atoms with Crippen molar-refractivity contribution in [1.29, 1.82) is 5.26 Å². The number of nitrogens with two attached hydrogens (primary N) is 1. The quantitative estimate of drug-likeness (QED) is 0.794. The number of nitriles is 1. The predicted octanol–water partition coefficient (Wildman–Crippen LogP) is 1.64. The molecule has 2 aliphatic heterocycles. The third kappa shape index (κ3) is 3.49. The van der Waals surface area contributed by atoms with Crippen molar-refractivity contribution >= 4 is 23.3 Å². The van der Waals surface area contributed by atoms with E-state index < -0.39 is 11.9 Å². The predicted molar refractivity (Wildman–Crippen MR) is 106 cm³/mol. The van der Waals surface area contributed by atoms with Crippen LogP contribution in [0.1, 0.15) is 26.2 Å². The van der Waals surface area contributed by atoms with Gasteiger partial charge in [0.2, 0.25) is 11.8 Å². The molecule has 1 aromatic carbocycles. The molecule has 2 aliphatic rings. The van der Waals surface area contributed by atoms with E-state index in [0.29, 0.717) is 49.8 Å². The van der Waals surface area contributed by atoms with Crippen LogP contribution in [0.5, 0.6) is 5.75 Å². The molecule has 9 nitrogen and oxygen atoms in total. The van der Waals surface area contributed by atoms with Gasteiger partial charge in [-0.2, -0.15) is 5.26 Å². The minimum atomic E-state index is -0.509. The molecule has 0 saturated carbocycles. The van der Waals surface area contributed by atoms with Crippen molar-refractivity contribution < 1.29 is 14.3 Å². The zero-order valence-electron chi connectivity index (χ0n) is 16.1. The highest BCUT2D eigenvalue weighted by atomic mass is 16.5. The Kier molecular flexibility index (Phi) is 4.84. The van der Waals surface area contributed by atoms with Crippen molar-refractivity contribution in [1.82, 2.24) is 9.55 Å². The zero-order valence-corrected chi connectivity index (χ0v) is 16.1. The Bertz CT molecular complexity index is 1010. The number of carbonyl (C=O) groups excluding carboxylic acids is 2. The average molecular weight is 394 g/mol. The summed E-state index contributed by atoms with van der Waals surface area (Å²) in [6.07, 6.45) is 3.24. The SMILES string of the molecule is C[C@H](Nc1ccc2c(c1)OCCn1cc(N3C(=O)CC[C@H]3CC#N)nc1-2)C(N)=O. The topological polar surface area (TPSA) is 126 Å². The molecule has 2 atom stereocenters. The van der Waals surface area contributed by atoms with Crippen LogP contribution in [0.2, 0.25) is 0 Å². The number of fused-ring (bicyclic) bond motifs is 3. The van der Waals surface area contributed by atoms with Crippen LogP contribution in [-0.4, -0.2) is 40.1 Å². The van der Waals surface area contributed by atoms with E-state index in [0.717, 1.165) is 11.3 Å². The third-order valence-electron chi connectivity index (χ3n) is 5.29. The maximum atomic E-state index is 12.4. The highest BCUT2D eigenvalue weighted by Gasteiger charge is 2.34. The minimum absolute atomic E-state index is 0.00466. The Morgan fingerprint density at radius 3 is 3.10 bits per heavy atom. The summed E-state index contributed by atoms with van der Waals surface area (Å²) in [7, 11) is 0. The van der Waals surface area contributed by atoms with Crippen LogP contribution in [0, 0.1) is 11.3 Å². The molecule has 29 heavy (non-hydrogen) atoms. The molecule has 1 saturated heterocycles. The number of hydrogen-bond donors (Lipinski definition) is 2. The number of hydrogen-bond acceptors (Lipinski definition) is 6. The molecular weight excluding hydrogens is 372 g/mol. The molecular formula is C20H22N6O3. The normalized spacial score (nSPS) is 18.8. The summed E-state index contributed by atoms with van der Waals surface area (Å²) >= 11 is 0. The van der Waals surface area contributed by atoms with Gasteiger partial charge in [-0.1, -0.05) is 0 Å². The monoisotopic (exact) mass is 394 g/mol. The van der Waals surface area contributed by atoms with Crippen LogP contribution in [0.4, 0.5) is 11.5 Å². The third-order valence-corrected chi connectivity index (χ3v) is 5.29. The van der Waals surface area contributed by atoms with Crippen molar-refractivity contribution in [3.05, 3.63) is 24.4 Å². The lowest BCUT2D eigenvalue weighted by atomic mass is 10.1. The molecule has 3 N–H and O–H groups in total. The van der Waals surface area contributed by atoms with Crippen molar-refractivity contribution in [3.63, 3.8) is 0 Å². The molecule has 1 fully saturated rings. The minimum Gasteiger partial charge on any atom is -0.491 e. The Labute approximate surface area is 168 Å². The van der Waals surface area contributed by atoms with Crippen molar-refractivity contribution in [2.24, 2.45) is 5.73 Å². The Morgan fingerprint density at radius 2 is 2.34 bits per heavy atom. The van der Waals surface area contributed by atoms with Crippen molar-refractivity contribution in [3.8, 4) is 23.2 Å². The van der Waals surface area contributed by atoms with Crippen LogP contribution < -0.4 is 20.7 Å². The number of anilines is 2. The molecule has 3 heterocycles. The van der Waals surface area contributed by atoms with E-state index in [2.05, 4.69) is 11.4 Å². The van der Waals surface area contributed by atoms with Crippen LogP contribution in [0.15, 0.2) is 24.4 Å². The van der Waals surface area contributed by atoms with E-state index in [1.165, 1.54) is 0 Å². The fourth-order valence-corrected chi connectivity index (χ4v) is 3.75. The van der Waals surface area contributed by atoms with Gasteiger partial charge in [0.1, 0.15) is 24.2 Å². The van der Waals surface area contributed by atoms with Crippen LogP contribution in [-0.2, 0) is 16.1 Å². The fraction of sp³-hybridized carbons (Fsp3) is 0.400. The standard InChI is InChI=1S/C20H22N6O3/c1-12(19(22)28)23-13-2-4-15-16(10-13)29-9-8-25-11-17(24-20(15)25)26-14(6-7-21)3-5-18(26)27/h2,4,10-12,14,23H,3,5-6,8-9H2,1H3,(H2,22,28)/t12-,14-/m0/s1. The first-order chi connectivity index (χ1) is 14.0. The van der Waals surface area contributed by atoms with Gasteiger partial charge < -0.3 is 20.4 Å². The molecule has 1 aromatic heterocycles. The molecule has 0 unspecified atom stereocenters. The highest BCUT2D eigenvalue weighted by molar-refractivity contribution is 5.95. The van der Waals surface area contributed by atoms with Crippen LogP contribution in [0.25, 0.3) is 11.4 Å². The Balaban J connectivity index is 1.68. The zero-order chi connectivity index (χ0) is 20.5. The smallest absolute Gasteiger partial charge is 0.239 e. The lowest BCUT2D eigenvalue weighted by molar-refractivity contribution is -0.118. The summed E-state index contributed by atoms with van der Waals surface area (Å²) < 4.78 is 7.85. The lowest BCUT2D eigenvalue weighted by Crippen LogP contribution is -2.33. The Hall–Kier alpha value is -3.54. The van der Waals surface area contributed by atoms with Gasteiger partial charge in [0.15, 0.2) is 5.82 Å². The van der Waals surface area contributed by atoms with Crippen molar-refractivity contribution in [2.75, 3.05) is 16.8 Å². The van der Waals surface area contributed by atoms with Gasteiger partial charge >= 0.3 is 0 Å². The maximum absolute atomic E-state index is 12.4. The van der Waals surface area contributed by atoms with E-state index in [1.54, 1.807) is 11.8 Å². The fourth-order valence-electron chi connectivity index (χ4n) is 3.75. The van der Waals surface area contributed by atoms with Gasteiger partial charge in [-0.05, 0) is 25.5 Å². The van der Waals surface area contributed by atoms with Gasteiger partial charge in [0.25, 0.3) is 0 Å². The van der Waals surface area contributed by atoms with Gasteiger partial charge in [-0.15, -0.1) is 0 Å². The van der Waals surface area contributed by atoms with Gasteiger partial charge in [0, 0.05) is 24.4 Å². The summed E-state index contributed by atoms with van der Waals surface area (Å²) in [5.74, 6) is 1.47. The molecule has 0 spiro atoms. The number of benzene rings is 1. The van der Waals surface area contributed by atoms with Crippen LogP contribution >= 0.6 is 0 Å². The molecule has 150 valence electrons. The van der Waals surface area contributed by atoms with Crippen molar-refractivity contribution in [2.45, 2.75) is 44.8 Å². The Morgan fingerprint density at radius 1 is 1.52 bits per heavy atom.